The highest BCUT2D eigenvalue weighted by atomic mass is 16.5. The lowest BCUT2D eigenvalue weighted by molar-refractivity contribution is -0.149. The van der Waals surface area contributed by atoms with E-state index in [1.54, 1.807) is 10.8 Å². The van der Waals surface area contributed by atoms with Crippen LogP contribution in [0, 0.1) is 0 Å². The number of methoxy groups -OCH3 is 1. The highest BCUT2D eigenvalue weighted by Gasteiger charge is 2.35. The molecule has 0 aromatic heterocycles. The Morgan fingerprint density at radius 1 is 1.23 bits per heavy atom. The van der Waals surface area contributed by atoms with Gasteiger partial charge >= 0.3 is 5.97 Å². The zero-order valence-corrected chi connectivity index (χ0v) is 15.0. The third kappa shape index (κ3) is 4.91. The number of hydrogen-bond acceptors (Lipinski definition) is 6. The Hall–Kier alpha value is -2.22. The Morgan fingerprint density at radius 2 is 1.96 bits per heavy atom. The van der Waals surface area contributed by atoms with Crippen molar-refractivity contribution in [2.24, 2.45) is 0 Å². The fourth-order valence-corrected chi connectivity index (χ4v) is 3.37. The van der Waals surface area contributed by atoms with E-state index in [0.717, 1.165) is 6.42 Å². The van der Waals surface area contributed by atoms with Crippen LogP contribution < -0.4 is 0 Å². The van der Waals surface area contributed by atoms with Gasteiger partial charge in [-0.1, -0.05) is 0 Å². The lowest BCUT2D eigenvalue weighted by atomic mass is 10.2. The van der Waals surface area contributed by atoms with Crippen LogP contribution >= 0.6 is 0 Å². The Bertz CT molecular complexity index is 601. The topological polar surface area (TPSA) is 107 Å². The summed E-state index contributed by atoms with van der Waals surface area (Å²) in [5.74, 6) is 0.220. The van der Waals surface area contributed by atoms with Crippen molar-refractivity contribution in [3.05, 3.63) is 5.70 Å². The van der Waals surface area contributed by atoms with Crippen molar-refractivity contribution < 1.29 is 29.0 Å². The Morgan fingerprint density at radius 3 is 2.62 bits per heavy atom. The molecule has 2 fully saturated rings. The van der Waals surface area contributed by atoms with Crippen LogP contribution in [0.15, 0.2) is 5.70 Å². The van der Waals surface area contributed by atoms with Gasteiger partial charge in [0.15, 0.2) is 0 Å². The van der Waals surface area contributed by atoms with Gasteiger partial charge in [0, 0.05) is 33.2 Å². The van der Waals surface area contributed by atoms with Crippen LogP contribution in [0.25, 0.3) is 0 Å². The van der Waals surface area contributed by atoms with E-state index in [1.807, 2.05) is 0 Å². The maximum absolute atomic E-state index is 12.5. The van der Waals surface area contributed by atoms with Crippen LogP contribution in [0.4, 0.5) is 0 Å². The Labute approximate surface area is 152 Å². The summed E-state index contributed by atoms with van der Waals surface area (Å²) < 4.78 is 5.03. The van der Waals surface area contributed by atoms with Crippen LogP contribution in [0.5, 0.6) is 0 Å². The molecule has 2 aliphatic rings. The summed E-state index contributed by atoms with van der Waals surface area (Å²) in [4.78, 5) is 51.6. The van der Waals surface area contributed by atoms with Gasteiger partial charge in [0.25, 0.3) is 0 Å². The predicted octanol–water partition coefficient (Wildman–Crippen LogP) is -0.652. The normalized spacial score (nSPS) is 19.9. The van der Waals surface area contributed by atoms with Crippen LogP contribution in [0.3, 0.4) is 0 Å². The number of carbonyl (C=O) groups is 3. The number of carboxylic acid groups (broad SMARTS) is 1. The molecule has 0 radical (unpaired) electrons. The van der Waals surface area contributed by atoms with Crippen molar-refractivity contribution in [1.82, 2.24) is 14.7 Å². The number of amides is 2. The lowest BCUT2D eigenvalue weighted by Crippen LogP contribution is -2.48. The zero-order chi connectivity index (χ0) is 19.1. The maximum atomic E-state index is 12.5. The zero-order valence-electron chi connectivity index (χ0n) is 15.0. The number of carbonyl (C=O) groups excluding carboxylic acids is 3. The van der Waals surface area contributed by atoms with E-state index in [0.29, 0.717) is 51.2 Å². The highest BCUT2D eigenvalue weighted by molar-refractivity contribution is 5.86. The first-order valence-electron chi connectivity index (χ1n) is 8.75. The third-order valence-corrected chi connectivity index (χ3v) is 4.73. The monoisotopic (exact) mass is 367 g/mol. The van der Waals surface area contributed by atoms with Crippen molar-refractivity contribution >= 4 is 23.7 Å². The molecule has 0 saturated carbocycles. The van der Waals surface area contributed by atoms with Crippen LogP contribution in [0.1, 0.15) is 25.7 Å². The van der Waals surface area contributed by atoms with E-state index >= 15 is 0 Å². The maximum Gasteiger partial charge on any atom is 0.326 e. The first-order valence-corrected chi connectivity index (χ1v) is 8.75. The molecule has 0 bridgehead atoms. The number of nitrogens with zero attached hydrogens (tertiary/aromatic N) is 3. The molecule has 0 aromatic carbocycles. The number of carboxylic acids is 1. The van der Waals surface area contributed by atoms with Crippen molar-refractivity contribution in [3.63, 3.8) is 0 Å². The number of aliphatic carboxylic acids is 1. The lowest BCUT2D eigenvalue weighted by Gasteiger charge is -2.27. The second-order valence-electron chi connectivity index (χ2n) is 6.48. The van der Waals surface area contributed by atoms with Crippen LogP contribution in [-0.4, -0.2) is 96.0 Å². The fraction of sp³-hybridized carbons (Fsp3) is 0.706. The largest absolute Gasteiger partial charge is 0.480 e. The van der Waals surface area contributed by atoms with Gasteiger partial charge in [-0.15, -0.1) is 0 Å². The fourth-order valence-electron chi connectivity index (χ4n) is 3.37. The van der Waals surface area contributed by atoms with Crippen molar-refractivity contribution in [2.45, 2.75) is 31.7 Å². The van der Waals surface area contributed by atoms with Crippen LogP contribution in [-0.2, 0) is 23.9 Å². The molecule has 9 nitrogen and oxygen atoms in total. The van der Waals surface area contributed by atoms with Gasteiger partial charge in [0.1, 0.15) is 17.7 Å². The molecule has 2 aliphatic heterocycles. The summed E-state index contributed by atoms with van der Waals surface area (Å²) >= 11 is 0. The first kappa shape index (κ1) is 20.1. The molecule has 1 atom stereocenters. The molecular weight excluding hydrogens is 342 g/mol. The van der Waals surface area contributed by atoms with Crippen molar-refractivity contribution in [1.29, 1.82) is 0 Å². The molecule has 0 aliphatic carbocycles. The molecule has 144 valence electrons. The van der Waals surface area contributed by atoms with Crippen LogP contribution in [0.2, 0.25) is 0 Å². The average Bonchev–Trinajstić information content (AvgIpc) is 3.27. The highest BCUT2D eigenvalue weighted by Crippen LogP contribution is 2.20. The van der Waals surface area contributed by atoms with Gasteiger partial charge in [-0.3, -0.25) is 14.5 Å². The summed E-state index contributed by atoms with van der Waals surface area (Å²) in [5.41, 5.74) is 0.346. The molecule has 2 rings (SSSR count). The summed E-state index contributed by atoms with van der Waals surface area (Å²) in [6.07, 6.45) is 2.35. The molecule has 1 N–H and O–H groups in total. The molecular formula is C17H25N3O6. The van der Waals surface area contributed by atoms with Gasteiger partial charge < -0.3 is 19.6 Å². The smallest absolute Gasteiger partial charge is 0.326 e. The molecule has 2 heterocycles. The standard InChI is InChI=1S/C17H25N3O6/c1-26-9-8-18(10-15(22)19-6-2-4-13(19)12-21)11-16(23)20-7-3-5-14(20)17(24)25/h14H,2-11H2,1H3,(H,24,25)/t14-/m1/s1. The number of likely N-dealkylation sites (tertiary alicyclic amines) is 2. The van der Waals surface area contributed by atoms with Gasteiger partial charge in [0.2, 0.25) is 11.8 Å². The van der Waals surface area contributed by atoms with E-state index in [2.05, 4.69) is 0 Å². The number of rotatable bonds is 8. The van der Waals surface area contributed by atoms with E-state index in [9.17, 15) is 24.3 Å². The molecule has 0 aromatic rings. The first-order chi connectivity index (χ1) is 12.5. The molecule has 0 spiro atoms. The van der Waals surface area contributed by atoms with E-state index in [1.165, 1.54) is 16.9 Å². The number of hydrogen-bond donors (Lipinski definition) is 1. The quantitative estimate of drug-likeness (QED) is 0.568. The van der Waals surface area contributed by atoms with Gasteiger partial charge in [-0.05, 0) is 19.3 Å². The second kappa shape index (κ2) is 9.47. The molecule has 0 unspecified atom stereocenters. The van der Waals surface area contributed by atoms with Gasteiger partial charge in [0.05, 0.1) is 19.7 Å². The molecule has 2 saturated heterocycles. The summed E-state index contributed by atoms with van der Waals surface area (Å²) in [7, 11) is 1.52. The third-order valence-electron chi connectivity index (χ3n) is 4.73. The summed E-state index contributed by atoms with van der Waals surface area (Å²) in [6, 6.07) is -0.800. The number of allylic oxidation sites excluding steroid dienone is 1. The number of ether oxygens (including phenoxy) is 1. The molecule has 26 heavy (non-hydrogen) atoms. The minimum atomic E-state index is -1.01. The average molecular weight is 367 g/mol. The van der Waals surface area contributed by atoms with Crippen molar-refractivity contribution in [3.8, 4) is 0 Å². The van der Waals surface area contributed by atoms with Gasteiger partial charge in [-0.2, -0.15) is 0 Å². The second-order valence-corrected chi connectivity index (χ2v) is 6.48. The van der Waals surface area contributed by atoms with E-state index < -0.39 is 12.0 Å². The molecule has 9 heteroatoms. The van der Waals surface area contributed by atoms with Gasteiger partial charge in [-0.25, -0.2) is 9.59 Å². The van der Waals surface area contributed by atoms with E-state index in [4.69, 9.17) is 4.74 Å². The minimum Gasteiger partial charge on any atom is -0.480 e. The predicted molar refractivity (Wildman–Crippen MR) is 90.8 cm³/mol. The summed E-state index contributed by atoms with van der Waals surface area (Å²) in [6.45, 7) is 1.47. The molecule has 2 amide bonds. The Balaban J connectivity index is 2.00. The summed E-state index contributed by atoms with van der Waals surface area (Å²) in [5, 5.41) is 9.23. The minimum absolute atomic E-state index is 0.0359. The van der Waals surface area contributed by atoms with E-state index in [-0.39, 0.29) is 24.9 Å². The Kier molecular flexibility index (Phi) is 7.32. The SMILES string of the molecule is COCCN(CC(=O)N1CCCC1=C=O)CC(=O)N1CCC[C@@H]1C(=O)O. The van der Waals surface area contributed by atoms with Crippen molar-refractivity contribution in [2.75, 3.05) is 46.4 Å².